The third-order valence-corrected chi connectivity index (χ3v) is 5.75. The molecular formula is C21H13BrClN3OS. The van der Waals surface area contributed by atoms with E-state index in [9.17, 15) is 4.79 Å². The fourth-order valence-electron chi connectivity index (χ4n) is 2.74. The van der Waals surface area contributed by atoms with Crippen LogP contribution in [0.2, 0.25) is 4.34 Å². The van der Waals surface area contributed by atoms with Gasteiger partial charge in [-0.25, -0.2) is 10.4 Å². The molecule has 0 aliphatic carbocycles. The average molecular weight is 471 g/mol. The first-order valence-electron chi connectivity index (χ1n) is 8.34. The van der Waals surface area contributed by atoms with E-state index >= 15 is 0 Å². The van der Waals surface area contributed by atoms with E-state index in [4.69, 9.17) is 16.6 Å². The third-order valence-electron chi connectivity index (χ3n) is 4.05. The standard InChI is InChI=1S/C21H13BrClN3OS/c22-14-7-5-13(6-8-14)19-11-17(16-3-1-2-4-18(16)25-19)21(27)26-24-12-15-9-10-20(23)28-15/h1-12H,(H,26,27)/b24-12-. The van der Waals surface area contributed by atoms with Crippen LogP contribution in [0.1, 0.15) is 15.2 Å². The molecule has 0 saturated heterocycles. The van der Waals surface area contributed by atoms with Gasteiger partial charge in [-0.05, 0) is 36.4 Å². The van der Waals surface area contributed by atoms with Crippen molar-refractivity contribution >= 4 is 61.9 Å². The largest absolute Gasteiger partial charge is 0.272 e. The van der Waals surface area contributed by atoms with E-state index in [1.807, 2.05) is 54.6 Å². The van der Waals surface area contributed by atoms with Crippen molar-refractivity contribution in [1.29, 1.82) is 0 Å². The minimum atomic E-state index is -0.295. The number of hydrazone groups is 1. The van der Waals surface area contributed by atoms with E-state index in [1.165, 1.54) is 11.3 Å². The highest BCUT2D eigenvalue weighted by molar-refractivity contribution is 9.10. The lowest BCUT2D eigenvalue weighted by molar-refractivity contribution is 0.0957. The zero-order valence-electron chi connectivity index (χ0n) is 14.4. The van der Waals surface area contributed by atoms with Crippen LogP contribution in [0, 0.1) is 0 Å². The number of hydrogen-bond donors (Lipinski definition) is 1. The van der Waals surface area contributed by atoms with Gasteiger partial charge < -0.3 is 0 Å². The van der Waals surface area contributed by atoms with Crippen LogP contribution < -0.4 is 5.43 Å². The zero-order valence-corrected chi connectivity index (χ0v) is 17.6. The maximum Gasteiger partial charge on any atom is 0.272 e. The Hall–Kier alpha value is -2.54. The van der Waals surface area contributed by atoms with Gasteiger partial charge in [0.05, 0.1) is 27.3 Å². The number of benzene rings is 2. The first-order chi connectivity index (χ1) is 13.6. The molecule has 1 amide bonds. The van der Waals surface area contributed by atoms with E-state index in [0.717, 1.165) is 31.5 Å². The zero-order chi connectivity index (χ0) is 19.5. The SMILES string of the molecule is O=C(N/N=C\c1ccc(Cl)s1)c1cc(-c2ccc(Br)cc2)nc2ccccc12. The van der Waals surface area contributed by atoms with Crippen LogP contribution in [0.4, 0.5) is 0 Å². The fourth-order valence-corrected chi connectivity index (χ4v) is 3.94. The summed E-state index contributed by atoms with van der Waals surface area (Å²) in [6.45, 7) is 0. The second-order valence-electron chi connectivity index (χ2n) is 5.92. The molecule has 4 rings (SSSR count). The summed E-state index contributed by atoms with van der Waals surface area (Å²) in [5.41, 5.74) is 5.52. The van der Waals surface area contributed by atoms with Gasteiger partial charge in [0.2, 0.25) is 0 Å². The Labute approximate surface area is 179 Å². The van der Waals surface area contributed by atoms with Crippen molar-refractivity contribution in [1.82, 2.24) is 10.4 Å². The number of fused-ring (bicyclic) bond motifs is 1. The Kier molecular flexibility index (Phi) is 5.52. The molecule has 2 aromatic carbocycles. The minimum Gasteiger partial charge on any atom is -0.267 e. The van der Waals surface area contributed by atoms with Crippen LogP contribution in [0.5, 0.6) is 0 Å². The van der Waals surface area contributed by atoms with Gasteiger partial charge in [-0.3, -0.25) is 4.79 Å². The number of aromatic nitrogens is 1. The Balaban J connectivity index is 1.69. The molecule has 0 atom stereocenters. The molecule has 0 radical (unpaired) electrons. The number of para-hydroxylation sites is 1. The van der Waals surface area contributed by atoms with Crippen molar-refractivity contribution in [3.8, 4) is 11.3 Å². The number of carbonyl (C=O) groups excluding carboxylic acids is 1. The van der Waals surface area contributed by atoms with Gasteiger partial charge in [-0.2, -0.15) is 5.10 Å². The van der Waals surface area contributed by atoms with Crippen molar-refractivity contribution in [2.75, 3.05) is 0 Å². The molecule has 28 heavy (non-hydrogen) atoms. The van der Waals surface area contributed by atoms with Gasteiger partial charge in [0.25, 0.3) is 5.91 Å². The Morgan fingerprint density at radius 3 is 2.64 bits per heavy atom. The van der Waals surface area contributed by atoms with Gasteiger partial charge in [-0.1, -0.05) is 57.9 Å². The molecule has 0 saturated carbocycles. The molecule has 0 fully saturated rings. The second kappa shape index (κ2) is 8.22. The lowest BCUT2D eigenvalue weighted by Crippen LogP contribution is -2.18. The highest BCUT2D eigenvalue weighted by Gasteiger charge is 2.13. The quantitative estimate of drug-likeness (QED) is 0.287. The normalized spacial score (nSPS) is 11.2. The van der Waals surface area contributed by atoms with Crippen LogP contribution in [0.15, 0.2) is 76.3 Å². The van der Waals surface area contributed by atoms with E-state index < -0.39 is 0 Å². The lowest BCUT2D eigenvalue weighted by atomic mass is 10.0. The lowest BCUT2D eigenvalue weighted by Gasteiger charge is -2.09. The molecular weight excluding hydrogens is 458 g/mol. The van der Waals surface area contributed by atoms with Gasteiger partial charge in [0, 0.05) is 20.3 Å². The molecule has 7 heteroatoms. The number of hydrogen-bond acceptors (Lipinski definition) is 4. The highest BCUT2D eigenvalue weighted by atomic mass is 79.9. The fraction of sp³-hybridized carbons (Fsp3) is 0. The molecule has 4 aromatic rings. The number of thiophene rings is 1. The van der Waals surface area contributed by atoms with Gasteiger partial charge in [-0.15, -0.1) is 11.3 Å². The van der Waals surface area contributed by atoms with Crippen molar-refractivity contribution in [2.24, 2.45) is 5.10 Å². The van der Waals surface area contributed by atoms with Gasteiger partial charge in [0.1, 0.15) is 0 Å². The number of nitrogens with one attached hydrogen (secondary N) is 1. The number of pyridine rings is 1. The molecule has 2 aromatic heterocycles. The summed E-state index contributed by atoms with van der Waals surface area (Å²) in [6, 6.07) is 20.8. The highest BCUT2D eigenvalue weighted by Crippen LogP contribution is 2.26. The maximum atomic E-state index is 12.8. The van der Waals surface area contributed by atoms with Crippen LogP contribution in [0.3, 0.4) is 0 Å². The maximum absolute atomic E-state index is 12.8. The molecule has 0 spiro atoms. The summed E-state index contributed by atoms with van der Waals surface area (Å²) in [7, 11) is 0. The van der Waals surface area contributed by atoms with E-state index in [0.29, 0.717) is 9.90 Å². The van der Waals surface area contributed by atoms with Crippen LogP contribution in [-0.4, -0.2) is 17.1 Å². The third kappa shape index (κ3) is 4.14. The molecule has 0 bridgehead atoms. The number of nitrogens with zero attached hydrogens (tertiary/aromatic N) is 2. The van der Waals surface area contributed by atoms with E-state index in [-0.39, 0.29) is 5.91 Å². The summed E-state index contributed by atoms with van der Waals surface area (Å²) in [5.74, 6) is -0.295. The Morgan fingerprint density at radius 1 is 1.11 bits per heavy atom. The molecule has 1 N–H and O–H groups in total. The summed E-state index contributed by atoms with van der Waals surface area (Å²) in [4.78, 5) is 18.4. The number of amides is 1. The number of carbonyl (C=O) groups is 1. The minimum absolute atomic E-state index is 0.295. The smallest absolute Gasteiger partial charge is 0.267 e. The second-order valence-corrected chi connectivity index (χ2v) is 8.58. The number of halogens is 2. The summed E-state index contributed by atoms with van der Waals surface area (Å²) in [6.07, 6.45) is 1.58. The molecule has 2 heterocycles. The summed E-state index contributed by atoms with van der Waals surface area (Å²) >= 11 is 10.7. The predicted molar refractivity (Wildman–Crippen MR) is 119 cm³/mol. The van der Waals surface area contributed by atoms with Crippen LogP contribution in [-0.2, 0) is 0 Å². The van der Waals surface area contributed by atoms with Crippen LogP contribution in [0.25, 0.3) is 22.2 Å². The molecule has 0 aliphatic rings. The molecule has 0 aliphatic heterocycles. The predicted octanol–water partition coefficient (Wildman–Crippen LogP) is 6.14. The van der Waals surface area contributed by atoms with Gasteiger partial charge >= 0.3 is 0 Å². The topological polar surface area (TPSA) is 54.4 Å². The van der Waals surface area contributed by atoms with Gasteiger partial charge in [0.15, 0.2) is 0 Å². The van der Waals surface area contributed by atoms with Crippen molar-refractivity contribution in [3.63, 3.8) is 0 Å². The Morgan fingerprint density at radius 2 is 1.89 bits per heavy atom. The van der Waals surface area contributed by atoms with Crippen LogP contribution >= 0.6 is 38.9 Å². The molecule has 4 nitrogen and oxygen atoms in total. The Bertz CT molecular complexity index is 1190. The first-order valence-corrected chi connectivity index (χ1v) is 10.3. The monoisotopic (exact) mass is 469 g/mol. The van der Waals surface area contributed by atoms with Crippen molar-refractivity contribution in [3.05, 3.63) is 86.0 Å². The van der Waals surface area contributed by atoms with E-state index in [2.05, 4.69) is 26.5 Å². The number of rotatable bonds is 4. The summed E-state index contributed by atoms with van der Waals surface area (Å²) in [5, 5.41) is 4.83. The average Bonchev–Trinajstić information content (AvgIpc) is 3.12. The van der Waals surface area contributed by atoms with Crippen molar-refractivity contribution in [2.45, 2.75) is 0 Å². The van der Waals surface area contributed by atoms with Crippen molar-refractivity contribution < 1.29 is 4.79 Å². The first kappa shape index (κ1) is 18.8. The summed E-state index contributed by atoms with van der Waals surface area (Å²) < 4.78 is 1.66. The van der Waals surface area contributed by atoms with E-state index in [1.54, 1.807) is 18.3 Å². The molecule has 138 valence electrons. The molecule has 0 unspecified atom stereocenters.